The van der Waals surface area contributed by atoms with Crippen LogP contribution in [0.1, 0.15) is 25.3 Å². The van der Waals surface area contributed by atoms with Crippen LogP contribution in [0.2, 0.25) is 0 Å². The third-order valence-electron chi connectivity index (χ3n) is 2.21. The molecule has 1 aromatic carbocycles. The average molecular weight is 263 g/mol. The maximum atomic E-state index is 13.1. The van der Waals surface area contributed by atoms with Gasteiger partial charge in [-0.25, -0.2) is 8.78 Å². The van der Waals surface area contributed by atoms with Gasteiger partial charge >= 0.3 is 0 Å². The normalized spacial score (nSPS) is 12.9. The van der Waals surface area contributed by atoms with E-state index in [4.69, 9.17) is 0 Å². The molecule has 1 unspecified atom stereocenters. The summed E-state index contributed by atoms with van der Waals surface area (Å²) >= 11 is 3.44. The Hall–Kier alpha value is -0.440. The fourth-order valence-electron chi connectivity index (χ4n) is 1.28. The van der Waals surface area contributed by atoms with Crippen LogP contribution in [0.5, 0.6) is 0 Å². The first-order chi connectivity index (χ1) is 6.65. The molecule has 0 radical (unpaired) electrons. The van der Waals surface area contributed by atoms with Gasteiger partial charge in [-0.05, 0) is 31.4 Å². The second kappa shape index (κ2) is 5.44. The van der Waals surface area contributed by atoms with Crippen molar-refractivity contribution in [2.45, 2.75) is 31.0 Å². The van der Waals surface area contributed by atoms with Crippen LogP contribution < -0.4 is 0 Å². The maximum absolute atomic E-state index is 13.1. The van der Waals surface area contributed by atoms with Crippen molar-refractivity contribution in [3.05, 3.63) is 35.4 Å². The molecule has 0 aliphatic carbocycles. The second-order valence-electron chi connectivity index (χ2n) is 3.24. The molecule has 0 saturated carbocycles. The molecule has 1 rings (SSSR count). The van der Waals surface area contributed by atoms with Gasteiger partial charge in [-0.15, -0.1) is 0 Å². The van der Waals surface area contributed by atoms with Crippen LogP contribution in [0, 0.1) is 11.6 Å². The van der Waals surface area contributed by atoms with Crippen LogP contribution in [-0.4, -0.2) is 4.83 Å². The molecule has 0 amide bonds. The van der Waals surface area contributed by atoms with Gasteiger partial charge in [0.05, 0.1) is 0 Å². The van der Waals surface area contributed by atoms with Crippen molar-refractivity contribution < 1.29 is 8.78 Å². The van der Waals surface area contributed by atoms with Crippen LogP contribution in [-0.2, 0) is 6.42 Å². The van der Waals surface area contributed by atoms with Crippen molar-refractivity contribution in [2.24, 2.45) is 0 Å². The van der Waals surface area contributed by atoms with E-state index in [1.54, 1.807) is 0 Å². The highest BCUT2D eigenvalue weighted by Crippen LogP contribution is 2.18. The Morgan fingerprint density at radius 1 is 1.29 bits per heavy atom. The van der Waals surface area contributed by atoms with Gasteiger partial charge in [0.2, 0.25) is 0 Å². The summed E-state index contributed by atoms with van der Waals surface area (Å²) in [5.41, 5.74) is 0.199. The van der Waals surface area contributed by atoms with E-state index in [-0.39, 0.29) is 5.56 Å². The molecule has 14 heavy (non-hydrogen) atoms. The Balaban J connectivity index is 2.66. The predicted octanol–water partition coefficient (Wildman–Crippen LogP) is 4.07. The maximum Gasteiger partial charge on any atom is 0.129 e. The molecule has 78 valence electrons. The third kappa shape index (κ3) is 3.05. The molecule has 0 aliphatic rings. The Labute approximate surface area is 91.5 Å². The third-order valence-corrected chi connectivity index (χ3v) is 3.32. The van der Waals surface area contributed by atoms with E-state index in [0.717, 1.165) is 12.8 Å². The summed E-state index contributed by atoms with van der Waals surface area (Å²) in [5, 5.41) is 0. The van der Waals surface area contributed by atoms with Crippen molar-refractivity contribution in [1.82, 2.24) is 0 Å². The summed E-state index contributed by atoms with van der Waals surface area (Å²) in [6.45, 7) is 2.04. The SMILES string of the molecule is CCC(Br)CCc1c(F)cccc1F. The zero-order valence-electron chi connectivity index (χ0n) is 8.06. The molecule has 0 aliphatic heterocycles. The highest BCUT2D eigenvalue weighted by Gasteiger charge is 2.09. The lowest BCUT2D eigenvalue weighted by Gasteiger charge is -2.07. The Morgan fingerprint density at radius 2 is 1.86 bits per heavy atom. The van der Waals surface area contributed by atoms with E-state index in [0.29, 0.717) is 11.2 Å². The molecule has 0 heterocycles. The lowest BCUT2D eigenvalue weighted by molar-refractivity contribution is 0.548. The van der Waals surface area contributed by atoms with Gasteiger partial charge in [-0.1, -0.05) is 28.9 Å². The van der Waals surface area contributed by atoms with Gasteiger partial charge in [0.25, 0.3) is 0 Å². The molecule has 0 N–H and O–H groups in total. The smallest absolute Gasteiger partial charge is 0.129 e. The number of rotatable bonds is 4. The molecule has 1 aromatic rings. The summed E-state index contributed by atoms with van der Waals surface area (Å²) in [7, 11) is 0. The number of benzene rings is 1. The molecular formula is C11H13BrF2. The first-order valence-corrected chi connectivity index (χ1v) is 5.63. The molecule has 0 bridgehead atoms. The lowest BCUT2D eigenvalue weighted by Crippen LogP contribution is -2.02. The van der Waals surface area contributed by atoms with Crippen molar-refractivity contribution in [2.75, 3.05) is 0 Å². The van der Waals surface area contributed by atoms with Crippen molar-refractivity contribution in [1.29, 1.82) is 0 Å². The highest BCUT2D eigenvalue weighted by atomic mass is 79.9. The lowest BCUT2D eigenvalue weighted by atomic mass is 10.1. The predicted molar refractivity (Wildman–Crippen MR) is 57.7 cm³/mol. The first kappa shape index (κ1) is 11.6. The van der Waals surface area contributed by atoms with Crippen LogP contribution in [0.15, 0.2) is 18.2 Å². The van der Waals surface area contributed by atoms with E-state index in [9.17, 15) is 8.78 Å². The number of halogens is 3. The highest BCUT2D eigenvalue weighted by molar-refractivity contribution is 9.09. The van der Waals surface area contributed by atoms with Crippen molar-refractivity contribution >= 4 is 15.9 Å². The standard InChI is InChI=1S/C11H13BrF2/c1-2-8(12)6-7-9-10(13)4-3-5-11(9)14/h3-5,8H,2,6-7H2,1H3. The van der Waals surface area contributed by atoms with Gasteiger partial charge in [-0.2, -0.15) is 0 Å². The quantitative estimate of drug-likeness (QED) is 0.718. The summed E-state index contributed by atoms with van der Waals surface area (Å²) < 4.78 is 26.3. The van der Waals surface area contributed by atoms with E-state index in [2.05, 4.69) is 15.9 Å². The second-order valence-corrected chi connectivity index (χ2v) is 4.54. The molecule has 0 aromatic heterocycles. The molecule has 0 saturated heterocycles. The first-order valence-electron chi connectivity index (χ1n) is 4.72. The number of hydrogen-bond acceptors (Lipinski definition) is 0. The van der Waals surface area contributed by atoms with E-state index >= 15 is 0 Å². The summed E-state index contributed by atoms with van der Waals surface area (Å²) in [5.74, 6) is -0.887. The Morgan fingerprint density at radius 3 is 2.36 bits per heavy atom. The van der Waals surface area contributed by atoms with Gasteiger partial charge in [0.15, 0.2) is 0 Å². The average Bonchev–Trinajstić information content (AvgIpc) is 2.16. The minimum Gasteiger partial charge on any atom is -0.207 e. The monoisotopic (exact) mass is 262 g/mol. The molecular weight excluding hydrogens is 250 g/mol. The van der Waals surface area contributed by atoms with Gasteiger partial charge in [0.1, 0.15) is 11.6 Å². The van der Waals surface area contributed by atoms with Crippen LogP contribution in [0.4, 0.5) is 8.78 Å². The number of alkyl halides is 1. The minimum absolute atomic E-state index is 0.199. The number of hydrogen-bond donors (Lipinski definition) is 0. The van der Waals surface area contributed by atoms with Gasteiger partial charge < -0.3 is 0 Å². The Kier molecular flexibility index (Phi) is 4.52. The topological polar surface area (TPSA) is 0 Å². The van der Waals surface area contributed by atoms with Crippen LogP contribution >= 0.6 is 15.9 Å². The van der Waals surface area contributed by atoms with E-state index in [1.807, 2.05) is 6.92 Å². The van der Waals surface area contributed by atoms with Crippen molar-refractivity contribution in [3.8, 4) is 0 Å². The molecule has 0 nitrogen and oxygen atoms in total. The Bertz CT molecular complexity index is 279. The van der Waals surface area contributed by atoms with Crippen molar-refractivity contribution in [3.63, 3.8) is 0 Å². The zero-order valence-corrected chi connectivity index (χ0v) is 9.65. The molecule has 1 atom stereocenters. The molecule has 0 spiro atoms. The summed E-state index contributed by atoms with van der Waals surface area (Å²) in [4.78, 5) is 0.335. The minimum atomic E-state index is -0.444. The fraction of sp³-hybridized carbons (Fsp3) is 0.455. The molecule has 3 heteroatoms. The van der Waals surface area contributed by atoms with Crippen LogP contribution in [0.3, 0.4) is 0 Å². The molecule has 0 fully saturated rings. The summed E-state index contributed by atoms with van der Waals surface area (Å²) in [6.07, 6.45) is 2.17. The van der Waals surface area contributed by atoms with Gasteiger partial charge in [-0.3, -0.25) is 0 Å². The van der Waals surface area contributed by atoms with E-state index in [1.165, 1.54) is 18.2 Å². The summed E-state index contributed by atoms with van der Waals surface area (Å²) in [6, 6.07) is 3.99. The fourth-order valence-corrected chi connectivity index (χ4v) is 1.51. The van der Waals surface area contributed by atoms with E-state index < -0.39 is 11.6 Å². The van der Waals surface area contributed by atoms with Crippen LogP contribution in [0.25, 0.3) is 0 Å². The van der Waals surface area contributed by atoms with Gasteiger partial charge in [0, 0.05) is 10.4 Å². The zero-order chi connectivity index (χ0) is 10.6. The largest absolute Gasteiger partial charge is 0.207 e.